The second kappa shape index (κ2) is 5.26. The van der Waals surface area contributed by atoms with Gasteiger partial charge in [-0.25, -0.2) is 4.79 Å². The SMILES string of the molecule is Cc1nsc(Nc2cc(Cl)ccc2Br)c1C(=O)O. The number of benzene rings is 1. The number of anilines is 2. The number of aromatic nitrogens is 1. The Hall–Kier alpha value is -1.11. The van der Waals surface area contributed by atoms with Gasteiger partial charge in [-0.1, -0.05) is 11.6 Å². The molecule has 0 bridgehead atoms. The van der Waals surface area contributed by atoms with Crippen molar-refractivity contribution in [2.24, 2.45) is 0 Å². The van der Waals surface area contributed by atoms with Crippen LogP contribution in [0.5, 0.6) is 0 Å². The summed E-state index contributed by atoms with van der Waals surface area (Å²) in [6.45, 7) is 1.66. The Kier molecular flexibility index (Phi) is 3.89. The first kappa shape index (κ1) is 13.3. The lowest BCUT2D eigenvalue weighted by Gasteiger charge is -2.07. The molecule has 0 unspecified atom stereocenters. The molecule has 0 amide bonds. The first-order valence-electron chi connectivity index (χ1n) is 4.90. The summed E-state index contributed by atoms with van der Waals surface area (Å²) in [6.07, 6.45) is 0. The van der Waals surface area contributed by atoms with Crippen LogP contribution in [0.3, 0.4) is 0 Å². The smallest absolute Gasteiger partial charge is 0.340 e. The van der Waals surface area contributed by atoms with Gasteiger partial charge in [-0.15, -0.1) is 0 Å². The van der Waals surface area contributed by atoms with Crippen LogP contribution in [0, 0.1) is 6.92 Å². The van der Waals surface area contributed by atoms with E-state index in [9.17, 15) is 4.79 Å². The molecule has 0 radical (unpaired) electrons. The highest BCUT2D eigenvalue weighted by atomic mass is 79.9. The molecular formula is C11H8BrClN2O2S. The van der Waals surface area contributed by atoms with E-state index in [2.05, 4.69) is 25.6 Å². The van der Waals surface area contributed by atoms with Crippen LogP contribution < -0.4 is 5.32 Å². The van der Waals surface area contributed by atoms with Crippen LogP contribution in [0.15, 0.2) is 22.7 Å². The standard InChI is InChI=1S/C11H8BrClN2O2S/c1-5-9(11(16)17)10(18-15-5)14-8-4-6(13)2-3-7(8)12/h2-4,14H,1H3,(H,16,17). The van der Waals surface area contributed by atoms with Gasteiger partial charge >= 0.3 is 5.97 Å². The van der Waals surface area contributed by atoms with Gasteiger partial charge in [-0.3, -0.25) is 0 Å². The van der Waals surface area contributed by atoms with Crippen LogP contribution in [0.2, 0.25) is 5.02 Å². The van der Waals surface area contributed by atoms with E-state index in [0.29, 0.717) is 21.4 Å². The molecule has 94 valence electrons. The summed E-state index contributed by atoms with van der Waals surface area (Å²) < 4.78 is 4.84. The van der Waals surface area contributed by atoms with Crippen molar-refractivity contribution >= 4 is 55.7 Å². The molecule has 0 aliphatic rings. The third-order valence-corrected chi connectivity index (χ3v) is 4.03. The fourth-order valence-corrected chi connectivity index (χ4v) is 2.74. The fraction of sp³-hybridized carbons (Fsp3) is 0.0909. The molecule has 0 aliphatic heterocycles. The number of nitrogens with zero attached hydrogens (tertiary/aromatic N) is 1. The molecule has 2 N–H and O–H groups in total. The Morgan fingerprint density at radius 3 is 2.94 bits per heavy atom. The molecule has 2 rings (SSSR count). The van der Waals surface area contributed by atoms with E-state index in [1.54, 1.807) is 25.1 Å². The van der Waals surface area contributed by atoms with Gasteiger partial charge in [0.15, 0.2) is 0 Å². The summed E-state index contributed by atoms with van der Waals surface area (Å²) in [5.74, 6) is -0.998. The zero-order chi connectivity index (χ0) is 13.3. The molecule has 18 heavy (non-hydrogen) atoms. The van der Waals surface area contributed by atoms with Crippen molar-refractivity contribution < 1.29 is 9.90 Å². The minimum atomic E-state index is -0.998. The Bertz CT molecular complexity index is 615. The van der Waals surface area contributed by atoms with Gasteiger partial charge < -0.3 is 10.4 Å². The highest BCUT2D eigenvalue weighted by Gasteiger charge is 2.18. The van der Waals surface area contributed by atoms with E-state index in [-0.39, 0.29) is 5.56 Å². The van der Waals surface area contributed by atoms with E-state index in [1.807, 2.05) is 0 Å². The third-order valence-electron chi connectivity index (χ3n) is 2.25. The quantitative estimate of drug-likeness (QED) is 0.868. The lowest BCUT2D eigenvalue weighted by atomic mass is 10.2. The first-order valence-corrected chi connectivity index (χ1v) is 6.85. The maximum atomic E-state index is 11.1. The molecule has 7 heteroatoms. The monoisotopic (exact) mass is 346 g/mol. The average Bonchev–Trinajstić information content (AvgIpc) is 2.65. The molecule has 1 aromatic heterocycles. The van der Waals surface area contributed by atoms with Crippen molar-refractivity contribution in [2.45, 2.75) is 6.92 Å². The summed E-state index contributed by atoms with van der Waals surface area (Å²) in [7, 11) is 0. The number of hydrogen-bond donors (Lipinski definition) is 2. The largest absolute Gasteiger partial charge is 0.478 e. The molecule has 0 saturated heterocycles. The summed E-state index contributed by atoms with van der Waals surface area (Å²) in [4.78, 5) is 11.1. The molecule has 2 aromatic rings. The van der Waals surface area contributed by atoms with Crippen LogP contribution in [0.4, 0.5) is 10.7 Å². The molecule has 0 atom stereocenters. The van der Waals surface area contributed by atoms with Crippen molar-refractivity contribution in [1.29, 1.82) is 0 Å². The highest BCUT2D eigenvalue weighted by Crippen LogP contribution is 2.33. The van der Waals surface area contributed by atoms with Crippen LogP contribution in [0.1, 0.15) is 16.1 Å². The van der Waals surface area contributed by atoms with Crippen molar-refractivity contribution in [3.05, 3.63) is 39.0 Å². The zero-order valence-corrected chi connectivity index (χ0v) is 12.4. The number of carbonyl (C=O) groups is 1. The molecule has 0 spiro atoms. The van der Waals surface area contributed by atoms with E-state index >= 15 is 0 Å². The van der Waals surface area contributed by atoms with Gasteiger partial charge in [-0.05, 0) is 52.6 Å². The number of rotatable bonds is 3. The number of aryl methyl sites for hydroxylation is 1. The predicted molar refractivity (Wildman–Crippen MR) is 76.2 cm³/mol. The summed E-state index contributed by atoms with van der Waals surface area (Å²) >= 11 is 10.4. The van der Waals surface area contributed by atoms with Gasteiger partial charge in [-0.2, -0.15) is 4.37 Å². The lowest BCUT2D eigenvalue weighted by Crippen LogP contribution is -2.01. The molecule has 0 aliphatic carbocycles. The van der Waals surface area contributed by atoms with Crippen LogP contribution in [-0.2, 0) is 0 Å². The van der Waals surface area contributed by atoms with Gasteiger partial charge in [0.05, 0.1) is 11.4 Å². The highest BCUT2D eigenvalue weighted by molar-refractivity contribution is 9.10. The van der Waals surface area contributed by atoms with Crippen molar-refractivity contribution in [1.82, 2.24) is 4.37 Å². The number of hydrogen-bond acceptors (Lipinski definition) is 4. The number of carboxylic acid groups (broad SMARTS) is 1. The van der Waals surface area contributed by atoms with Crippen molar-refractivity contribution in [2.75, 3.05) is 5.32 Å². The normalized spacial score (nSPS) is 10.4. The fourth-order valence-electron chi connectivity index (χ4n) is 1.42. The third kappa shape index (κ3) is 2.66. The zero-order valence-electron chi connectivity index (χ0n) is 9.20. The Labute approximate surface area is 121 Å². The second-order valence-corrected chi connectivity index (χ2v) is 5.59. The van der Waals surface area contributed by atoms with Gasteiger partial charge in [0.25, 0.3) is 0 Å². The molecule has 4 nitrogen and oxygen atoms in total. The van der Waals surface area contributed by atoms with Crippen LogP contribution in [-0.4, -0.2) is 15.4 Å². The van der Waals surface area contributed by atoms with E-state index in [1.165, 1.54) is 0 Å². The maximum Gasteiger partial charge on any atom is 0.340 e. The maximum absolute atomic E-state index is 11.1. The number of carboxylic acids is 1. The van der Waals surface area contributed by atoms with E-state index < -0.39 is 5.97 Å². The Balaban J connectivity index is 2.40. The Morgan fingerprint density at radius 2 is 2.28 bits per heavy atom. The van der Waals surface area contributed by atoms with Crippen molar-refractivity contribution in [3.8, 4) is 0 Å². The summed E-state index contributed by atoms with van der Waals surface area (Å²) in [5.41, 5.74) is 1.38. The minimum Gasteiger partial charge on any atom is -0.478 e. The van der Waals surface area contributed by atoms with Gasteiger partial charge in [0.2, 0.25) is 0 Å². The lowest BCUT2D eigenvalue weighted by molar-refractivity contribution is 0.0697. The summed E-state index contributed by atoms with van der Waals surface area (Å²) in [5, 5.41) is 13.2. The number of halogens is 2. The van der Waals surface area contributed by atoms with Crippen molar-refractivity contribution in [3.63, 3.8) is 0 Å². The Morgan fingerprint density at radius 1 is 1.56 bits per heavy atom. The topological polar surface area (TPSA) is 62.2 Å². The predicted octanol–water partition coefficient (Wildman–Crippen LogP) is 4.31. The minimum absolute atomic E-state index is 0.187. The molecular weight excluding hydrogens is 340 g/mol. The van der Waals surface area contributed by atoms with E-state index in [0.717, 1.165) is 16.0 Å². The molecule has 0 saturated carbocycles. The summed E-state index contributed by atoms with van der Waals surface area (Å²) in [6, 6.07) is 5.25. The molecule has 1 aromatic carbocycles. The first-order chi connectivity index (χ1) is 8.49. The van der Waals surface area contributed by atoms with Crippen LogP contribution in [0.25, 0.3) is 0 Å². The second-order valence-electron chi connectivity index (χ2n) is 3.53. The van der Waals surface area contributed by atoms with Crippen LogP contribution >= 0.6 is 39.1 Å². The van der Waals surface area contributed by atoms with Gasteiger partial charge in [0, 0.05) is 9.50 Å². The van der Waals surface area contributed by atoms with Gasteiger partial charge in [0.1, 0.15) is 10.6 Å². The van der Waals surface area contributed by atoms with E-state index in [4.69, 9.17) is 16.7 Å². The average molecular weight is 348 g/mol. The molecule has 1 heterocycles. The number of nitrogens with one attached hydrogen (secondary N) is 1. The number of aromatic carboxylic acids is 1. The molecule has 0 fully saturated rings.